The molecule has 1 unspecified atom stereocenters. The van der Waals surface area contributed by atoms with Crippen LogP contribution in [-0.4, -0.2) is 65.3 Å². The second-order valence-corrected chi connectivity index (χ2v) is 11.9. The molecule has 0 saturated carbocycles. The molecule has 2 bridgehead atoms. The predicted molar refractivity (Wildman–Crippen MR) is 141 cm³/mol. The predicted octanol–water partition coefficient (Wildman–Crippen LogP) is 1.43. The van der Waals surface area contributed by atoms with Gasteiger partial charge in [-0.15, -0.1) is 0 Å². The molecule has 1 fully saturated rings. The lowest BCUT2D eigenvalue weighted by molar-refractivity contribution is -0.153. The summed E-state index contributed by atoms with van der Waals surface area (Å²) in [6.07, 6.45) is 4.51. The molecule has 4 amide bonds. The summed E-state index contributed by atoms with van der Waals surface area (Å²) < 4.78 is 5.65. The number of nitrogens with one attached hydrogen (secondary N) is 4. The third-order valence-corrected chi connectivity index (χ3v) is 8.03. The number of ether oxygens (including phenoxy) is 1. The third-order valence-electron chi connectivity index (χ3n) is 5.59. The number of carbonyl (C=O) groups is 5. The lowest BCUT2D eigenvalue weighted by atomic mass is 10.0. The van der Waals surface area contributed by atoms with Crippen molar-refractivity contribution in [1.29, 1.82) is 0 Å². The van der Waals surface area contributed by atoms with Crippen molar-refractivity contribution in [1.82, 2.24) is 21.3 Å². The van der Waals surface area contributed by atoms with Crippen molar-refractivity contribution in [3.63, 3.8) is 0 Å². The van der Waals surface area contributed by atoms with Gasteiger partial charge in [-0.05, 0) is 31.3 Å². The topological polar surface area (TPSA) is 143 Å². The van der Waals surface area contributed by atoms with Crippen LogP contribution in [0.1, 0.15) is 47.5 Å². The Morgan fingerprint density at radius 2 is 1.64 bits per heavy atom. The number of amides is 4. The van der Waals surface area contributed by atoms with E-state index < -0.39 is 53.8 Å². The van der Waals surface area contributed by atoms with Gasteiger partial charge in [-0.1, -0.05) is 61.4 Å². The fourth-order valence-corrected chi connectivity index (χ4v) is 5.66. The molecule has 0 aliphatic carbocycles. The Morgan fingerprint density at radius 1 is 0.944 bits per heavy atom. The molecule has 0 aromatic rings. The van der Waals surface area contributed by atoms with Crippen molar-refractivity contribution in [2.75, 3.05) is 11.5 Å². The van der Waals surface area contributed by atoms with Crippen molar-refractivity contribution in [3.05, 3.63) is 23.9 Å². The zero-order chi connectivity index (χ0) is 26.8. The minimum atomic E-state index is -1.00. The molecule has 0 radical (unpaired) electrons. The Kier molecular flexibility index (Phi) is 11.8. The largest absolute Gasteiger partial charge is 0.456 e. The van der Waals surface area contributed by atoms with E-state index in [1.807, 2.05) is 6.08 Å². The fourth-order valence-electron chi connectivity index (χ4n) is 3.50. The van der Waals surface area contributed by atoms with Crippen LogP contribution >= 0.6 is 21.6 Å². The normalized spacial score (nSPS) is 29.6. The van der Waals surface area contributed by atoms with Crippen LogP contribution in [0.25, 0.3) is 0 Å². The molecule has 200 valence electrons. The van der Waals surface area contributed by atoms with Gasteiger partial charge in [0.2, 0.25) is 17.7 Å². The van der Waals surface area contributed by atoms with Crippen LogP contribution in [-0.2, 0) is 28.7 Å². The molecule has 2 aliphatic heterocycles. The van der Waals surface area contributed by atoms with Gasteiger partial charge in [-0.3, -0.25) is 19.2 Å². The minimum Gasteiger partial charge on any atom is -0.456 e. The van der Waals surface area contributed by atoms with E-state index in [0.717, 1.165) is 0 Å². The number of esters is 1. The maximum Gasteiger partial charge on any atom is 0.329 e. The monoisotopic (exact) mass is 540 g/mol. The van der Waals surface area contributed by atoms with Gasteiger partial charge in [0.15, 0.2) is 0 Å². The van der Waals surface area contributed by atoms with Crippen molar-refractivity contribution in [2.24, 2.45) is 11.8 Å². The van der Waals surface area contributed by atoms with Crippen LogP contribution in [0, 0.1) is 11.8 Å². The van der Waals surface area contributed by atoms with Crippen LogP contribution in [0.5, 0.6) is 0 Å². The Morgan fingerprint density at radius 3 is 2.28 bits per heavy atom. The number of hydrogen-bond donors (Lipinski definition) is 4. The summed E-state index contributed by atoms with van der Waals surface area (Å²) in [4.78, 5) is 65.2. The average Bonchev–Trinajstić information content (AvgIpc) is 2.81. The average molecular weight is 541 g/mol. The number of carbonyl (C=O) groups excluding carboxylic acids is 5. The molecule has 2 aliphatic rings. The van der Waals surface area contributed by atoms with Crippen LogP contribution in [0.4, 0.5) is 0 Å². The van der Waals surface area contributed by atoms with Gasteiger partial charge in [-0.25, -0.2) is 4.79 Å². The van der Waals surface area contributed by atoms with Gasteiger partial charge >= 0.3 is 5.97 Å². The summed E-state index contributed by atoms with van der Waals surface area (Å²) in [6, 6.07) is -2.86. The molecule has 4 N–H and O–H groups in total. The smallest absolute Gasteiger partial charge is 0.329 e. The highest BCUT2D eigenvalue weighted by atomic mass is 33.1. The standard InChI is InChI=1S/C24H36N4O6S2/c1-6-16-21(30)28-20(14(4)5)24(33)34-15-9-7-8-10-35-36-12-17(22(31)25-16)26-23(32)19(13(2)3)27-18(29)11-15/h6-7,9,13-15,17,19-20H,8,10-12H2,1-5H3,(H,25,31)(H,26,32)(H,27,29)(H,28,30)/b9-7+,16-6-/t15-,17+,19+,20?/m0/s1. The van der Waals surface area contributed by atoms with E-state index in [1.54, 1.807) is 40.7 Å². The minimum absolute atomic E-state index is 0.0445. The van der Waals surface area contributed by atoms with Gasteiger partial charge in [0.25, 0.3) is 5.91 Å². The maximum absolute atomic E-state index is 13.2. The maximum atomic E-state index is 13.2. The van der Waals surface area contributed by atoms with Gasteiger partial charge < -0.3 is 26.0 Å². The zero-order valence-corrected chi connectivity index (χ0v) is 22.9. The SMILES string of the molecule is C/C=C1\NC(=O)[C@H]2CSSCC/C=C/[C@@H](CC(=O)N[C@H](C(C)C)C(=O)N2)OC(=O)C(C(C)C)NC1=O. The number of hydrogen-bond acceptors (Lipinski definition) is 8. The molecule has 0 aromatic heterocycles. The number of allylic oxidation sites excluding steroid dienone is 2. The molecule has 10 nitrogen and oxygen atoms in total. The van der Waals surface area contributed by atoms with Gasteiger partial charge in [0.1, 0.15) is 29.9 Å². The molecular formula is C24H36N4O6S2. The van der Waals surface area contributed by atoms with E-state index in [-0.39, 0.29) is 29.7 Å². The van der Waals surface area contributed by atoms with E-state index in [1.165, 1.54) is 27.7 Å². The van der Waals surface area contributed by atoms with Crippen LogP contribution in [0.15, 0.2) is 23.9 Å². The summed E-state index contributed by atoms with van der Waals surface area (Å²) in [5.41, 5.74) is -0.0445. The number of rotatable bonds is 2. The van der Waals surface area contributed by atoms with Crippen LogP contribution in [0.2, 0.25) is 0 Å². The van der Waals surface area contributed by atoms with Crippen LogP contribution < -0.4 is 21.3 Å². The highest BCUT2D eigenvalue weighted by Crippen LogP contribution is 2.24. The third kappa shape index (κ3) is 8.88. The van der Waals surface area contributed by atoms with E-state index >= 15 is 0 Å². The lowest BCUT2D eigenvalue weighted by Gasteiger charge is -2.27. The van der Waals surface area contributed by atoms with Crippen molar-refractivity contribution in [3.8, 4) is 0 Å². The Balaban J connectivity index is 2.55. The van der Waals surface area contributed by atoms with Crippen molar-refractivity contribution < 1.29 is 28.7 Å². The van der Waals surface area contributed by atoms with Crippen LogP contribution in [0.3, 0.4) is 0 Å². The van der Waals surface area contributed by atoms with E-state index in [0.29, 0.717) is 12.2 Å². The molecule has 4 atom stereocenters. The highest BCUT2D eigenvalue weighted by Gasteiger charge is 2.33. The Hall–Kier alpha value is -2.47. The Labute approximate surface area is 220 Å². The molecule has 36 heavy (non-hydrogen) atoms. The van der Waals surface area contributed by atoms with Gasteiger partial charge in [-0.2, -0.15) is 0 Å². The second kappa shape index (κ2) is 14.3. The fraction of sp³-hybridized carbons (Fsp3) is 0.625. The first-order chi connectivity index (χ1) is 17.0. The van der Waals surface area contributed by atoms with Gasteiger partial charge in [0, 0.05) is 11.5 Å². The summed E-state index contributed by atoms with van der Waals surface area (Å²) in [6.45, 7) is 8.66. The van der Waals surface area contributed by atoms with Gasteiger partial charge in [0.05, 0.1) is 6.42 Å². The molecule has 0 aromatic carbocycles. The van der Waals surface area contributed by atoms with E-state index in [9.17, 15) is 24.0 Å². The molecule has 2 rings (SSSR count). The lowest BCUT2D eigenvalue weighted by Crippen LogP contribution is -2.57. The highest BCUT2D eigenvalue weighted by molar-refractivity contribution is 8.76. The molecule has 12 heteroatoms. The molecule has 0 spiro atoms. The molecule has 1 saturated heterocycles. The van der Waals surface area contributed by atoms with E-state index in [2.05, 4.69) is 21.3 Å². The first-order valence-corrected chi connectivity index (χ1v) is 14.5. The van der Waals surface area contributed by atoms with Crippen molar-refractivity contribution >= 4 is 51.2 Å². The second-order valence-electron chi connectivity index (χ2n) is 9.24. The van der Waals surface area contributed by atoms with Crippen molar-refractivity contribution in [2.45, 2.75) is 71.7 Å². The number of fused-ring (bicyclic) bond motifs is 7. The first kappa shape index (κ1) is 29.8. The summed E-state index contributed by atoms with van der Waals surface area (Å²) in [5, 5.41) is 10.7. The molecule has 2 heterocycles. The zero-order valence-electron chi connectivity index (χ0n) is 21.3. The summed E-state index contributed by atoms with van der Waals surface area (Å²) in [5.74, 6) is -2.54. The first-order valence-electron chi connectivity index (χ1n) is 12.0. The molecular weight excluding hydrogens is 504 g/mol. The quantitative estimate of drug-likeness (QED) is 0.178. The summed E-state index contributed by atoms with van der Waals surface area (Å²) >= 11 is 0. The Bertz CT molecular complexity index is 905. The summed E-state index contributed by atoms with van der Waals surface area (Å²) in [7, 11) is 2.95. The van der Waals surface area contributed by atoms with E-state index in [4.69, 9.17) is 4.74 Å².